The first kappa shape index (κ1) is 18.5. The number of rotatable bonds is 6. The highest BCUT2D eigenvalue weighted by atomic mass is 35.5. The van der Waals surface area contributed by atoms with Crippen molar-refractivity contribution in [2.75, 3.05) is 26.8 Å². The fourth-order valence-electron chi connectivity index (χ4n) is 2.53. The molecule has 2 aromatic rings. The molecule has 26 heavy (non-hydrogen) atoms. The normalized spacial score (nSPS) is 16.4. The summed E-state index contributed by atoms with van der Waals surface area (Å²) in [5, 5.41) is 0.874. The summed E-state index contributed by atoms with van der Waals surface area (Å²) in [7, 11) is 1.51. The Morgan fingerprint density at radius 3 is 2.88 bits per heavy atom. The fourth-order valence-corrected chi connectivity index (χ4v) is 2.99. The quantitative estimate of drug-likeness (QED) is 0.745. The van der Waals surface area contributed by atoms with Crippen molar-refractivity contribution in [3.05, 3.63) is 40.6 Å². The summed E-state index contributed by atoms with van der Waals surface area (Å²) in [6.45, 7) is 0.932. The van der Waals surface area contributed by atoms with E-state index >= 15 is 0 Å². The van der Waals surface area contributed by atoms with Gasteiger partial charge in [0.25, 0.3) is 5.91 Å². The van der Waals surface area contributed by atoms with Crippen molar-refractivity contribution < 1.29 is 19.0 Å². The molecule has 0 spiro atoms. The van der Waals surface area contributed by atoms with Crippen LogP contribution in [0.25, 0.3) is 0 Å². The SMILES string of the molecule is COc1cncc(OC2CCN(C(=O)COc3ccc(Cl)cc3Cl)C2)n1. The van der Waals surface area contributed by atoms with E-state index in [1.807, 2.05) is 0 Å². The van der Waals surface area contributed by atoms with Gasteiger partial charge < -0.3 is 19.1 Å². The van der Waals surface area contributed by atoms with Crippen LogP contribution in [-0.4, -0.2) is 53.7 Å². The zero-order valence-corrected chi connectivity index (χ0v) is 15.5. The number of ether oxygens (including phenoxy) is 3. The zero-order valence-electron chi connectivity index (χ0n) is 14.0. The number of carbonyl (C=O) groups excluding carboxylic acids is 1. The van der Waals surface area contributed by atoms with Crippen LogP contribution in [0.3, 0.4) is 0 Å². The number of carbonyl (C=O) groups is 1. The second-order valence-corrected chi connectivity index (χ2v) is 6.48. The van der Waals surface area contributed by atoms with Crippen LogP contribution in [0.5, 0.6) is 17.5 Å². The number of halogens is 2. The molecule has 9 heteroatoms. The molecule has 2 heterocycles. The molecule has 0 bridgehead atoms. The average Bonchev–Trinajstić information content (AvgIpc) is 3.09. The first-order valence-corrected chi connectivity index (χ1v) is 8.69. The fraction of sp³-hybridized carbons (Fsp3) is 0.353. The molecule has 1 saturated heterocycles. The Morgan fingerprint density at radius 1 is 1.31 bits per heavy atom. The van der Waals surface area contributed by atoms with Crippen LogP contribution in [0.2, 0.25) is 10.0 Å². The predicted octanol–water partition coefficient (Wildman–Crippen LogP) is 2.85. The highest BCUT2D eigenvalue weighted by Gasteiger charge is 2.28. The van der Waals surface area contributed by atoms with Gasteiger partial charge in [0.1, 0.15) is 11.9 Å². The van der Waals surface area contributed by atoms with Crippen LogP contribution in [0.1, 0.15) is 6.42 Å². The smallest absolute Gasteiger partial charge is 0.260 e. The van der Waals surface area contributed by atoms with Crippen LogP contribution >= 0.6 is 23.2 Å². The monoisotopic (exact) mass is 397 g/mol. The maximum atomic E-state index is 12.3. The van der Waals surface area contributed by atoms with Crippen molar-refractivity contribution in [1.29, 1.82) is 0 Å². The van der Waals surface area contributed by atoms with E-state index in [0.717, 1.165) is 0 Å². The van der Waals surface area contributed by atoms with Crippen molar-refractivity contribution in [2.45, 2.75) is 12.5 Å². The molecule has 0 saturated carbocycles. The summed E-state index contributed by atoms with van der Waals surface area (Å²) >= 11 is 11.9. The van der Waals surface area contributed by atoms with E-state index < -0.39 is 0 Å². The molecule has 1 amide bonds. The van der Waals surface area contributed by atoms with Crippen molar-refractivity contribution in [2.24, 2.45) is 0 Å². The summed E-state index contributed by atoms with van der Waals surface area (Å²) in [5.41, 5.74) is 0. The summed E-state index contributed by atoms with van der Waals surface area (Å²) < 4.78 is 16.3. The van der Waals surface area contributed by atoms with Gasteiger partial charge in [-0.15, -0.1) is 0 Å². The lowest BCUT2D eigenvalue weighted by Gasteiger charge is -2.17. The van der Waals surface area contributed by atoms with Crippen molar-refractivity contribution in [3.63, 3.8) is 0 Å². The molecule has 0 aliphatic carbocycles. The third kappa shape index (κ3) is 4.68. The molecule has 1 aromatic carbocycles. The van der Waals surface area contributed by atoms with Crippen molar-refractivity contribution in [1.82, 2.24) is 14.9 Å². The minimum absolute atomic E-state index is 0.104. The van der Waals surface area contributed by atoms with E-state index in [-0.39, 0.29) is 18.6 Å². The molecule has 7 nitrogen and oxygen atoms in total. The molecule has 138 valence electrons. The summed E-state index contributed by atoms with van der Waals surface area (Å²) in [4.78, 5) is 22.2. The zero-order chi connectivity index (χ0) is 18.5. The van der Waals surface area contributed by atoms with E-state index in [1.54, 1.807) is 23.1 Å². The largest absolute Gasteiger partial charge is 0.482 e. The van der Waals surface area contributed by atoms with Crippen LogP contribution in [0.15, 0.2) is 30.6 Å². The summed E-state index contributed by atoms with van der Waals surface area (Å²) in [6, 6.07) is 4.86. The number of nitrogens with zero attached hydrogens (tertiary/aromatic N) is 3. The minimum atomic E-state index is -0.153. The van der Waals surface area contributed by atoms with E-state index in [9.17, 15) is 4.79 Å². The van der Waals surface area contributed by atoms with E-state index in [1.165, 1.54) is 19.5 Å². The van der Waals surface area contributed by atoms with Gasteiger partial charge >= 0.3 is 0 Å². The van der Waals surface area contributed by atoms with Gasteiger partial charge in [0.05, 0.1) is 31.1 Å². The Bertz CT molecular complexity index is 790. The number of amides is 1. The molecule has 0 N–H and O–H groups in total. The van der Waals surface area contributed by atoms with Crippen LogP contribution < -0.4 is 14.2 Å². The first-order chi connectivity index (χ1) is 12.5. The standard InChI is InChI=1S/C17H17Cl2N3O4/c1-24-15-7-20-8-16(21-15)26-12-4-5-22(9-12)17(23)10-25-14-3-2-11(18)6-13(14)19/h2-3,6-8,12H,4-5,9-10H2,1H3. The molecule has 1 unspecified atom stereocenters. The second-order valence-electron chi connectivity index (χ2n) is 5.63. The Morgan fingerprint density at radius 2 is 2.12 bits per heavy atom. The molecule has 1 aromatic heterocycles. The van der Waals surface area contributed by atoms with Gasteiger partial charge in [0.15, 0.2) is 6.61 Å². The third-order valence-electron chi connectivity index (χ3n) is 3.83. The minimum Gasteiger partial charge on any atom is -0.482 e. The summed E-state index contributed by atoms with van der Waals surface area (Å²) in [5.74, 6) is 1.02. The maximum Gasteiger partial charge on any atom is 0.260 e. The third-order valence-corrected chi connectivity index (χ3v) is 4.36. The number of methoxy groups -OCH3 is 1. The van der Waals surface area contributed by atoms with Gasteiger partial charge in [0.2, 0.25) is 11.8 Å². The number of aromatic nitrogens is 2. The Hall–Kier alpha value is -2.25. The van der Waals surface area contributed by atoms with E-state index in [2.05, 4.69) is 9.97 Å². The molecule has 0 radical (unpaired) electrons. The van der Waals surface area contributed by atoms with Gasteiger partial charge in [-0.1, -0.05) is 23.2 Å². The number of likely N-dealkylation sites (tertiary alicyclic amines) is 1. The van der Waals surface area contributed by atoms with Crippen LogP contribution in [0, 0.1) is 0 Å². The van der Waals surface area contributed by atoms with E-state index in [4.69, 9.17) is 37.4 Å². The van der Waals surface area contributed by atoms with Gasteiger partial charge in [-0.25, -0.2) is 0 Å². The Balaban J connectivity index is 1.50. The van der Waals surface area contributed by atoms with Gasteiger partial charge in [-0.05, 0) is 18.2 Å². The molecular weight excluding hydrogens is 381 g/mol. The Kier molecular flexibility index (Phi) is 6.00. The van der Waals surface area contributed by atoms with Crippen molar-refractivity contribution >= 4 is 29.1 Å². The topological polar surface area (TPSA) is 73.8 Å². The van der Waals surface area contributed by atoms with Gasteiger partial charge in [-0.3, -0.25) is 9.78 Å². The highest BCUT2D eigenvalue weighted by Crippen LogP contribution is 2.27. The van der Waals surface area contributed by atoms with Crippen LogP contribution in [-0.2, 0) is 4.79 Å². The second kappa shape index (κ2) is 8.42. The predicted molar refractivity (Wildman–Crippen MR) is 96.2 cm³/mol. The molecular formula is C17H17Cl2N3O4. The van der Waals surface area contributed by atoms with Gasteiger partial charge in [-0.2, -0.15) is 4.98 Å². The molecule has 1 aliphatic rings. The van der Waals surface area contributed by atoms with E-state index in [0.29, 0.717) is 47.1 Å². The molecule has 1 fully saturated rings. The highest BCUT2D eigenvalue weighted by molar-refractivity contribution is 6.35. The Labute approximate surface area is 160 Å². The lowest BCUT2D eigenvalue weighted by Crippen LogP contribution is -2.34. The van der Waals surface area contributed by atoms with Gasteiger partial charge in [0, 0.05) is 18.0 Å². The lowest BCUT2D eigenvalue weighted by atomic mass is 10.3. The summed E-state index contributed by atoms with van der Waals surface area (Å²) in [6.07, 6.45) is 3.56. The lowest BCUT2D eigenvalue weighted by molar-refractivity contribution is -0.132. The molecule has 1 aliphatic heterocycles. The average molecular weight is 398 g/mol. The van der Waals surface area contributed by atoms with Crippen molar-refractivity contribution in [3.8, 4) is 17.5 Å². The maximum absolute atomic E-state index is 12.3. The first-order valence-electron chi connectivity index (χ1n) is 7.93. The number of hydrogen-bond acceptors (Lipinski definition) is 6. The number of hydrogen-bond donors (Lipinski definition) is 0. The number of benzene rings is 1. The van der Waals surface area contributed by atoms with Crippen LogP contribution in [0.4, 0.5) is 0 Å². The molecule has 1 atom stereocenters. The molecule has 3 rings (SSSR count).